The average molecular weight is 293 g/mol. The van der Waals surface area contributed by atoms with E-state index in [-0.39, 0.29) is 0 Å². The number of halogens is 1. The Morgan fingerprint density at radius 3 is 2.60 bits per heavy atom. The number of hydrogen-bond donors (Lipinski definition) is 1. The first-order chi connectivity index (χ1) is 9.74. The van der Waals surface area contributed by atoms with Gasteiger partial charge in [0.25, 0.3) is 0 Å². The van der Waals surface area contributed by atoms with Crippen LogP contribution in [0.15, 0.2) is 18.2 Å². The third kappa shape index (κ3) is 3.48. The van der Waals surface area contributed by atoms with Crippen LogP contribution in [0.1, 0.15) is 50.5 Å². The Kier molecular flexibility index (Phi) is 4.52. The first kappa shape index (κ1) is 14.2. The molecule has 2 saturated carbocycles. The molecule has 0 aromatic heterocycles. The van der Waals surface area contributed by atoms with Gasteiger partial charge < -0.3 is 10.2 Å². The largest absolute Gasteiger partial charge is 0.371 e. The minimum absolute atomic E-state index is 0.699. The summed E-state index contributed by atoms with van der Waals surface area (Å²) in [5.74, 6) is 0. The van der Waals surface area contributed by atoms with Gasteiger partial charge in [-0.2, -0.15) is 0 Å². The summed E-state index contributed by atoms with van der Waals surface area (Å²) in [4.78, 5) is 2.49. The van der Waals surface area contributed by atoms with E-state index in [1.165, 1.54) is 56.2 Å². The second kappa shape index (κ2) is 6.36. The van der Waals surface area contributed by atoms with Crippen LogP contribution in [0, 0.1) is 0 Å². The van der Waals surface area contributed by atoms with Gasteiger partial charge in [0.1, 0.15) is 0 Å². The first-order valence-corrected chi connectivity index (χ1v) is 8.36. The minimum Gasteiger partial charge on any atom is -0.371 e. The normalized spacial score (nSPS) is 20.1. The number of nitrogens with one attached hydrogen (secondary N) is 1. The van der Waals surface area contributed by atoms with Crippen molar-refractivity contribution in [3.63, 3.8) is 0 Å². The molecule has 2 aliphatic carbocycles. The molecular formula is C17H25ClN2. The molecular weight excluding hydrogens is 268 g/mol. The van der Waals surface area contributed by atoms with Crippen molar-refractivity contribution in [3.05, 3.63) is 28.8 Å². The standard InChI is InChI=1S/C17H25ClN2/c1-20(16-5-3-2-4-6-16)17-10-7-14(18)11-13(17)12-19-15-8-9-15/h7,10-11,15-16,19H,2-6,8-9,12H2,1H3. The van der Waals surface area contributed by atoms with Crippen LogP contribution in [0.5, 0.6) is 0 Å². The van der Waals surface area contributed by atoms with Crippen molar-refractivity contribution in [2.75, 3.05) is 11.9 Å². The van der Waals surface area contributed by atoms with Gasteiger partial charge in [0.05, 0.1) is 0 Å². The predicted octanol–water partition coefficient (Wildman–Crippen LogP) is 4.36. The van der Waals surface area contributed by atoms with E-state index in [9.17, 15) is 0 Å². The van der Waals surface area contributed by atoms with Crippen LogP contribution >= 0.6 is 11.6 Å². The number of benzene rings is 1. The van der Waals surface area contributed by atoms with Gasteiger partial charge in [0.2, 0.25) is 0 Å². The van der Waals surface area contributed by atoms with Crippen LogP contribution in [0.4, 0.5) is 5.69 Å². The molecule has 0 heterocycles. The van der Waals surface area contributed by atoms with Crippen LogP contribution < -0.4 is 10.2 Å². The minimum atomic E-state index is 0.699. The fraction of sp³-hybridized carbons (Fsp3) is 0.647. The Morgan fingerprint density at radius 2 is 1.90 bits per heavy atom. The SMILES string of the molecule is CN(c1ccc(Cl)cc1CNC1CC1)C1CCCCC1. The molecule has 0 aliphatic heterocycles. The average Bonchev–Trinajstić information content (AvgIpc) is 3.30. The van der Waals surface area contributed by atoms with E-state index in [4.69, 9.17) is 11.6 Å². The van der Waals surface area contributed by atoms with E-state index in [0.717, 1.165) is 17.6 Å². The molecule has 1 N–H and O–H groups in total. The molecule has 0 bridgehead atoms. The van der Waals surface area contributed by atoms with Crippen molar-refractivity contribution in [2.24, 2.45) is 0 Å². The zero-order chi connectivity index (χ0) is 13.9. The van der Waals surface area contributed by atoms with E-state index in [1.807, 2.05) is 6.07 Å². The highest BCUT2D eigenvalue weighted by Gasteiger charge is 2.23. The van der Waals surface area contributed by atoms with E-state index in [0.29, 0.717) is 6.04 Å². The molecule has 110 valence electrons. The molecule has 3 heteroatoms. The van der Waals surface area contributed by atoms with Gasteiger partial charge in [-0.25, -0.2) is 0 Å². The first-order valence-electron chi connectivity index (χ1n) is 7.98. The fourth-order valence-electron chi connectivity index (χ4n) is 3.25. The summed E-state index contributed by atoms with van der Waals surface area (Å²) in [6.07, 6.45) is 9.46. The summed E-state index contributed by atoms with van der Waals surface area (Å²) in [5, 5.41) is 4.46. The van der Waals surface area contributed by atoms with Gasteiger partial charge in [0.15, 0.2) is 0 Å². The van der Waals surface area contributed by atoms with E-state index >= 15 is 0 Å². The zero-order valence-electron chi connectivity index (χ0n) is 12.4. The molecule has 1 aromatic carbocycles. The second-order valence-electron chi connectivity index (χ2n) is 6.33. The molecule has 0 unspecified atom stereocenters. The van der Waals surface area contributed by atoms with E-state index < -0.39 is 0 Å². The van der Waals surface area contributed by atoms with Gasteiger partial charge in [0, 0.05) is 36.4 Å². The quantitative estimate of drug-likeness (QED) is 0.867. The number of hydrogen-bond acceptors (Lipinski definition) is 2. The van der Waals surface area contributed by atoms with Crippen molar-refractivity contribution in [2.45, 2.75) is 63.6 Å². The molecule has 1 aromatic rings. The van der Waals surface area contributed by atoms with Gasteiger partial charge in [-0.1, -0.05) is 30.9 Å². The van der Waals surface area contributed by atoms with Gasteiger partial charge >= 0.3 is 0 Å². The van der Waals surface area contributed by atoms with Crippen LogP contribution in [-0.4, -0.2) is 19.1 Å². The smallest absolute Gasteiger partial charge is 0.0412 e. The summed E-state index contributed by atoms with van der Waals surface area (Å²) < 4.78 is 0. The van der Waals surface area contributed by atoms with Crippen molar-refractivity contribution in [3.8, 4) is 0 Å². The Bertz CT molecular complexity index is 450. The Hall–Kier alpha value is -0.730. The summed E-state index contributed by atoms with van der Waals surface area (Å²) in [5.41, 5.74) is 2.70. The zero-order valence-corrected chi connectivity index (χ0v) is 13.1. The monoisotopic (exact) mass is 292 g/mol. The van der Waals surface area contributed by atoms with Gasteiger partial charge in [-0.3, -0.25) is 0 Å². The lowest BCUT2D eigenvalue weighted by molar-refractivity contribution is 0.427. The van der Waals surface area contributed by atoms with E-state index in [1.54, 1.807) is 0 Å². The molecule has 0 amide bonds. The summed E-state index contributed by atoms with van der Waals surface area (Å²) in [6, 6.07) is 7.79. The molecule has 0 spiro atoms. The molecule has 3 rings (SSSR count). The van der Waals surface area contributed by atoms with Crippen molar-refractivity contribution in [1.82, 2.24) is 5.32 Å². The Labute approximate surface area is 127 Å². The van der Waals surface area contributed by atoms with Crippen molar-refractivity contribution >= 4 is 17.3 Å². The molecule has 0 atom stereocenters. The molecule has 0 radical (unpaired) electrons. The van der Waals surface area contributed by atoms with Gasteiger partial charge in [-0.15, -0.1) is 0 Å². The van der Waals surface area contributed by atoms with Crippen LogP contribution in [0.25, 0.3) is 0 Å². The summed E-state index contributed by atoms with van der Waals surface area (Å²) >= 11 is 6.19. The Morgan fingerprint density at radius 1 is 1.15 bits per heavy atom. The third-order valence-electron chi connectivity index (χ3n) is 4.70. The molecule has 0 saturated heterocycles. The highest BCUT2D eigenvalue weighted by Crippen LogP contribution is 2.30. The molecule has 2 aliphatic rings. The van der Waals surface area contributed by atoms with Crippen LogP contribution in [0.3, 0.4) is 0 Å². The third-order valence-corrected chi connectivity index (χ3v) is 4.94. The summed E-state index contributed by atoms with van der Waals surface area (Å²) in [7, 11) is 2.25. The maximum Gasteiger partial charge on any atom is 0.0412 e. The topological polar surface area (TPSA) is 15.3 Å². The highest BCUT2D eigenvalue weighted by atomic mass is 35.5. The second-order valence-corrected chi connectivity index (χ2v) is 6.77. The lowest BCUT2D eigenvalue weighted by Gasteiger charge is -2.34. The highest BCUT2D eigenvalue weighted by molar-refractivity contribution is 6.30. The molecule has 2 nitrogen and oxygen atoms in total. The molecule has 20 heavy (non-hydrogen) atoms. The molecule has 2 fully saturated rings. The maximum absolute atomic E-state index is 6.19. The predicted molar refractivity (Wildman–Crippen MR) is 86.6 cm³/mol. The van der Waals surface area contributed by atoms with Crippen LogP contribution in [-0.2, 0) is 6.54 Å². The Balaban J connectivity index is 1.75. The maximum atomic E-state index is 6.19. The number of nitrogens with zero attached hydrogens (tertiary/aromatic N) is 1. The lowest BCUT2D eigenvalue weighted by atomic mass is 9.94. The summed E-state index contributed by atoms with van der Waals surface area (Å²) in [6.45, 7) is 0.942. The fourth-order valence-corrected chi connectivity index (χ4v) is 3.44. The van der Waals surface area contributed by atoms with Crippen molar-refractivity contribution in [1.29, 1.82) is 0 Å². The number of rotatable bonds is 5. The number of anilines is 1. The van der Waals surface area contributed by atoms with Gasteiger partial charge in [-0.05, 0) is 49.4 Å². The van der Waals surface area contributed by atoms with Crippen molar-refractivity contribution < 1.29 is 0 Å². The lowest BCUT2D eigenvalue weighted by Crippen LogP contribution is -2.34. The van der Waals surface area contributed by atoms with E-state index in [2.05, 4.69) is 29.4 Å². The van der Waals surface area contributed by atoms with Crippen LogP contribution in [0.2, 0.25) is 5.02 Å².